The van der Waals surface area contributed by atoms with Crippen LogP contribution in [0, 0.1) is 52.8 Å². The lowest BCUT2D eigenvalue weighted by Gasteiger charge is -2.59. The molecular formula is C27H45NO4. The number of piperidine rings is 2. The van der Waals surface area contributed by atoms with Gasteiger partial charge in [-0.2, -0.15) is 0 Å². The van der Waals surface area contributed by atoms with E-state index < -0.39 is 5.60 Å². The molecule has 0 amide bonds. The molecule has 6 rings (SSSR count). The molecule has 32 heavy (non-hydrogen) atoms. The molecule has 4 aliphatic carbocycles. The first-order valence-electron chi connectivity index (χ1n) is 13.4. The van der Waals surface area contributed by atoms with Gasteiger partial charge in [0, 0.05) is 31.5 Å². The summed E-state index contributed by atoms with van der Waals surface area (Å²) in [5.74, 6) is 4.82. The number of hydrogen-bond donors (Lipinski definition) is 2. The molecule has 5 heteroatoms. The van der Waals surface area contributed by atoms with Gasteiger partial charge in [0.2, 0.25) is 0 Å². The molecule has 6 fully saturated rings. The van der Waals surface area contributed by atoms with Gasteiger partial charge < -0.3 is 15.7 Å². The van der Waals surface area contributed by atoms with Crippen LogP contribution in [-0.4, -0.2) is 57.2 Å². The summed E-state index contributed by atoms with van der Waals surface area (Å²) in [4.78, 5) is 15.9. The van der Waals surface area contributed by atoms with Crippen molar-refractivity contribution in [3.05, 3.63) is 0 Å². The van der Waals surface area contributed by atoms with Crippen LogP contribution in [0.3, 0.4) is 0 Å². The number of nitrogens with zero attached hydrogens (tertiary/aromatic N) is 1. The molecule has 11 unspecified atom stereocenters. The molecule has 2 heterocycles. The molecule has 5 nitrogen and oxygen atoms in total. The van der Waals surface area contributed by atoms with Gasteiger partial charge in [0.25, 0.3) is 0 Å². The van der Waals surface area contributed by atoms with Gasteiger partial charge in [0.15, 0.2) is 0 Å². The number of aliphatic hydroxyl groups excluding tert-OH is 1. The number of fused-ring (bicyclic) bond motifs is 8. The van der Waals surface area contributed by atoms with E-state index in [-0.39, 0.29) is 22.9 Å². The molecule has 0 spiro atoms. The Morgan fingerprint density at radius 3 is 2.47 bits per heavy atom. The Hall–Kier alpha value is -0.490. The monoisotopic (exact) mass is 447 g/mol. The predicted molar refractivity (Wildman–Crippen MR) is 124 cm³/mol. The SMILES string of the molecule is CC1CCC2N(C1)CC1C3CC4C(CC(=O)C5CC(O)CCC54C)C3CCC1[C@]2(C)O.O. The first-order chi connectivity index (χ1) is 14.7. The fourth-order valence-corrected chi connectivity index (χ4v) is 10.4. The van der Waals surface area contributed by atoms with Gasteiger partial charge in [-0.25, -0.2) is 0 Å². The number of carbonyl (C=O) groups excluding carboxylic acids is 1. The molecule has 0 bridgehead atoms. The lowest BCUT2D eigenvalue weighted by Crippen LogP contribution is -2.67. The van der Waals surface area contributed by atoms with Crippen molar-refractivity contribution in [3.8, 4) is 0 Å². The summed E-state index contributed by atoms with van der Waals surface area (Å²) in [5.41, 5.74) is -0.482. The first-order valence-corrected chi connectivity index (χ1v) is 13.4. The van der Waals surface area contributed by atoms with Crippen molar-refractivity contribution in [1.29, 1.82) is 0 Å². The molecule has 4 saturated carbocycles. The Kier molecular flexibility index (Phi) is 5.64. The quantitative estimate of drug-likeness (QED) is 0.597. The zero-order valence-corrected chi connectivity index (χ0v) is 20.3. The minimum atomic E-state index is -0.570. The Balaban J connectivity index is 0.00000216. The summed E-state index contributed by atoms with van der Waals surface area (Å²) < 4.78 is 0. The minimum absolute atomic E-state index is 0. The maximum Gasteiger partial charge on any atom is 0.136 e. The molecule has 12 atom stereocenters. The third-order valence-corrected chi connectivity index (χ3v) is 11.8. The van der Waals surface area contributed by atoms with E-state index in [0.29, 0.717) is 53.8 Å². The summed E-state index contributed by atoms with van der Waals surface area (Å²) in [6.45, 7) is 9.23. The highest BCUT2D eigenvalue weighted by atomic mass is 16.3. The molecule has 0 radical (unpaired) electrons. The van der Waals surface area contributed by atoms with E-state index in [1.54, 1.807) is 0 Å². The van der Waals surface area contributed by atoms with Crippen molar-refractivity contribution in [2.75, 3.05) is 13.1 Å². The highest BCUT2D eigenvalue weighted by Crippen LogP contribution is 2.66. The van der Waals surface area contributed by atoms with E-state index in [9.17, 15) is 15.0 Å². The van der Waals surface area contributed by atoms with Crippen LogP contribution in [-0.2, 0) is 4.79 Å². The molecule has 4 N–H and O–H groups in total. The Bertz CT molecular complexity index is 754. The summed E-state index contributed by atoms with van der Waals surface area (Å²) >= 11 is 0. The first kappa shape index (κ1) is 23.3. The molecular weight excluding hydrogens is 402 g/mol. The average Bonchev–Trinajstić information content (AvgIpc) is 3.09. The van der Waals surface area contributed by atoms with Crippen molar-refractivity contribution < 1.29 is 20.5 Å². The minimum Gasteiger partial charge on any atom is -0.412 e. The van der Waals surface area contributed by atoms with Gasteiger partial charge in [-0.1, -0.05) is 13.8 Å². The summed E-state index contributed by atoms with van der Waals surface area (Å²) in [6, 6.07) is 0.341. The van der Waals surface area contributed by atoms with Crippen molar-refractivity contribution >= 4 is 5.78 Å². The van der Waals surface area contributed by atoms with Crippen molar-refractivity contribution in [2.45, 2.75) is 96.3 Å². The van der Waals surface area contributed by atoms with Crippen LogP contribution in [0.1, 0.15) is 78.6 Å². The highest BCUT2D eigenvalue weighted by Gasteiger charge is 2.64. The van der Waals surface area contributed by atoms with Crippen LogP contribution in [0.4, 0.5) is 0 Å². The number of Topliss-reactive ketones (excluding diaryl/α,β-unsaturated/α-hetero) is 1. The number of ketones is 1. The third kappa shape index (κ3) is 3.13. The second-order valence-corrected chi connectivity index (χ2v) is 13.2. The van der Waals surface area contributed by atoms with Crippen LogP contribution in [0.5, 0.6) is 0 Å². The van der Waals surface area contributed by atoms with Crippen LogP contribution < -0.4 is 0 Å². The van der Waals surface area contributed by atoms with Gasteiger partial charge in [0.05, 0.1) is 11.7 Å². The standard InChI is InChI=1S/C27H43NO3.H2O/c1-15-4-7-25-27(3,31)21-6-5-17-18(20(21)14-28(25)13-15)11-22-19(17)12-24(30)23-10-16(29)8-9-26(22,23)2;/h15-23,25,29,31H,4-14H2,1-3H3;1H2/t15?,16?,17?,18?,19?,20?,21?,22?,23?,25?,26?,27-;/m0./s1. The second kappa shape index (κ2) is 7.76. The largest absolute Gasteiger partial charge is 0.412 e. The van der Waals surface area contributed by atoms with Crippen LogP contribution in [0.25, 0.3) is 0 Å². The van der Waals surface area contributed by atoms with Crippen molar-refractivity contribution in [1.82, 2.24) is 4.90 Å². The topological polar surface area (TPSA) is 92.3 Å². The average molecular weight is 448 g/mol. The molecule has 0 aromatic rings. The molecule has 0 aromatic heterocycles. The highest BCUT2D eigenvalue weighted by molar-refractivity contribution is 5.83. The molecule has 2 aliphatic heterocycles. The number of carbonyl (C=O) groups is 1. The van der Waals surface area contributed by atoms with E-state index in [0.717, 1.165) is 44.6 Å². The molecule has 2 saturated heterocycles. The van der Waals surface area contributed by atoms with E-state index in [4.69, 9.17) is 0 Å². The number of rotatable bonds is 0. The van der Waals surface area contributed by atoms with E-state index >= 15 is 0 Å². The Morgan fingerprint density at radius 1 is 0.906 bits per heavy atom. The maximum atomic E-state index is 13.2. The van der Waals surface area contributed by atoms with E-state index in [1.165, 1.54) is 25.8 Å². The molecule has 182 valence electrons. The second-order valence-electron chi connectivity index (χ2n) is 13.2. The van der Waals surface area contributed by atoms with E-state index in [1.807, 2.05) is 0 Å². The Labute approximate surface area is 193 Å². The fraction of sp³-hybridized carbons (Fsp3) is 0.963. The fourth-order valence-electron chi connectivity index (χ4n) is 10.4. The van der Waals surface area contributed by atoms with Gasteiger partial charge in [-0.15, -0.1) is 0 Å². The lowest BCUT2D eigenvalue weighted by atomic mass is 9.51. The number of hydrogen-bond acceptors (Lipinski definition) is 4. The van der Waals surface area contributed by atoms with Crippen LogP contribution in [0.15, 0.2) is 0 Å². The Morgan fingerprint density at radius 2 is 1.69 bits per heavy atom. The van der Waals surface area contributed by atoms with Gasteiger partial charge in [-0.3, -0.25) is 9.69 Å². The molecule has 0 aromatic carbocycles. The third-order valence-electron chi connectivity index (χ3n) is 11.8. The maximum absolute atomic E-state index is 13.2. The van der Waals surface area contributed by atoms with E-state index in [2.05, 4.69) is 25.7 Å². The molecule has 6 aliphatic rings. The normalized spacial score (nSPS) is 57.3. The van der Waals surface area contributed by atoms with Crippen molar-refractivity contribution in [3.63, 3.8) is 0 Å². The van der Waals surface area contributed by atoms with Gasteiger partial charge in [-0.05, 0) is 105 Å². The zero-order chi connectivity index (χ0) is 21.7. The van der Waals surface area contributed by atoms with Gasteiger partial charge in [0.1, 0.15) is 5.78 Å². The predicted octanol–water partition coefficient (Wildman–Crippen LogP) is 3.06. The van der Waals surface area contributed by atoms with Crippen LogP contribution >= 0.6 is 0 Å². The summed E-state index contributed by atoms with van der Waals surface area (Å²) in [7, 11) is 0. The smallest absolute Gasteiger partial charge is 0.136 e. The van der Waals surface area contributed by atoms with Gasteiger partial charge >= 0.3 is 0 Å². The zero-order valence-electron chi connectivity index (χ0n) is 20.3. The van der Waals surface area contributed by atoms with Crippen LogP contribution in [0.2, 0.25) is 0 Å². The summed E-state index contributed by atoms with van der Waals surface area (Å²) in [5, 5.41) is 22.1. The van der Waals surface area contributed by atoms with Crippen molar-refractivity contribution in [2.24, 2.45) is 52.8 Å². The lowest BCUT2D eigenvalue weighted by molar-refractivity contribution is -0.175. The summed E-state index contributed by atoms with van der Waals surface area (Å²) in [6.07, 6.45) is 9.08. The number of aliphatic hydroxyl groups is 2.